The molecule has 0 spiro atoms. The molecule has 2 rings (SSSR count). The van der Waals surface area contributed by atoms with Gasteiger partial charge in [-0.1, -0.05) is 22.5 Å². The van der Waals surface area contributed by atoms with Gasteiger partial charge in [-0.15, -0.1) is 5.10 Å². The zero-order valence-electron chi connectivity index (χ0n) is 8.52. The van der Waals surface area contributed by atoms with Crippen molar-refractivity contribution >= 4 is 17.0 Å². The maximum absolute atomic E-state index is 5.77. The van der Waals surface area contributed by atoms with Crippen molar-refractivity contribution in [1.82, 2.24) is 10.2 Å². The zero-order valence-corrected chi connectivity index (χ0v) is 9.34. The Labute approximate surface area is 91.7 Å². The summed E-state index contributed by atoms with van der Waals surface area (Å²) in [6.45, 7) is 3.80. The summed E-state index contributed by atoms with van der Waals surface area (Å²) in [7, 11) is 0. The molecule has 4 nitrogen and oxygen atoms in total. The van der Waals surface area contributed by atoms with Crippen LogP contribution in [0.25, 0.3) is 0 Å². The van der Waals surface area contributed by atoms with Crippen molar-refractivity contribution in [1.29, 1.82) is 0 Å². The molecule has 1 heterocycles. The molecule has 0 unspecified atom stereocenters. The van der Waals surface area contributed by atoms with E-state index in [0.717, 1.165) is 16.3 Å². The van der Waals surface area contributed by atoms with E-state index >= 15 is 0 Å². The molecule has 2 N–H and O–H groups in total. The van der Waals surface area contributed by atoms with Crippen LogP contribution in [0.1, 0.15) is 10.6 Å². The minimum atomic E-state index is 0.543. The lowest BCUT2D eigenvalue weighted by atomic mass is 10.2. The number of rotatable bonds is 2. The first-order chi connectivity index (χ1) is 7.16. The molecule has 1 aromatic heterocycles. The molecular formula is C10H11N3OS. The number of hydrogen-bond acceptors (Lipinski definition) is 5. The Hall–Kier alpha value is -1.62. The zero-order chi connectivity index (χ0) is 10.8. The highest BCUT2D eigenvalue weighted by Gasteiger charge is 2.06. The number of nitrogen functional groups attached to an aromatic ring is 1. The Kier molecular flexibility index (Phi) is 2.55. The number of ether oxygens (including phenoxy) is 1. The van der Waals surface area contributed by atoms with Gasteiger partial charge in [-0.05, 0) is 26.0 Å². The second kappa shape index (κ2) is 3.86. The quantitative estimate of drug-likeness (QED) is 0.791. The summed E-state index contributed by atoms with van der Waals surface area (Å²) in [4.78, 5) is 0. The van der Waals surface area contributed by atoms with Gasteiger partial charge in [0.05, 0.1) is 0 Å². The molecule has 15 heavy (non-hydrogen) atoms. The van der Waals surface area contributed by atoms with Crippen molar-refractivity contribution in [2.75, 3.05) is 5.73 Å². The smallest absolute Gasteiger partial charge is 0.299 e. The van der Waals surface area contributed by atoms with Crippen molar-refractivity contribution in [2.45, 2.75) is 13.8 Å². The van der Waals surface area contributed by atoms with Crippen molar-refractivity contribution in [3.8, 4) is 10.9 Å². The number of nitrogens with two attached hydrogens (primary N) is 1. The monoisotopic (exact) mass is 221 g/mol. The van der Waals surface area contributed by atoms with Gasteiger partial charge >= 0.3 is 0 Å². The molecule has 1 aromatic carbocycles. The molecule has 0 aliphatic carbocycles. The molecule has 78 valence electrons. The van der Waals surface area contributed by atoms with Crippen LogP contribution in [-0.4, -0.2) is 10.2 Å². The van der Waals surface area contributed by atoms with Crippen molar-refractivity contribution < 1.29 is 4.74 Å². The topological polar surface area (TPSA) is 61.0 Å². The van der Waals surface area contributed by atoms with Gasteiger partial charge in [0, 0.05) is 11.3 Å². The summed E-state index contributed by atoms with van der Waals surface area (Å²) in [6, 6.07) is 5.56. The van der Waals surface area contributed by atoms with E-state index in [1.807, 2.05) is 32.0 Å². The first kappa shape index (κ1) is 9.92. The van der Waals surface area contributed by atoms with Crippen molar-refractivity contribution in [3.05, 3.63) is 28.8 Å². The van der Waals surface area contributed by atoms with Gasteiger partial charge in [-0.25, -0.2) is 0 Å². The SMILES string of the molecule is Cc1nnc(Oc2cccc(N)c2C)s1. The van der Waals surface area contributed by atoms with Crippen LogP contribution >= 0.6 is 11.3 Å². The molecule has 0 amide bonds. The summed E-state index contributed by atoms with van der Waals surface area (Å²) in [5.74, 6) is 0.728. The van der Waals surface area contributed by atoms with Gasteiger partial charge in [0.15, 0.2) is 0 Å². The van der Waals surface area contributed by atoms with E-state index in [-0.39, 0.29) is 0 Å². The van der Waals surface area contributed by atoms with Crippen LogP contribution in [0.15, 0.2) is 18.2 Å². The maximum Gasteiger partial charge on any atom is 0.299 e. The fraction of sp³-hybridized carbons (Fsp3) is 0.200. The highest BCUT2D eigenvalue weighted by atomic mass is 32.1. The van der Waals surface area contributed by atoms with Crippen LogP contribution in [0.5, 0.6) is 10.9 Å². The minimum absolute atomic E-state index is 0.543. The molecule has 0 saturated heterocycles. The highest BCUT2D eigenvalue weighted by Crippen LogP contribution is 2.29. The third-order valence-electron chi connectivity index (χ3n) is 2.03. The molecule has 5 heteroatoms. The average molecular weight is 221 g/mol. The lowest BCUT2D eigenvalue weighted by molar-refractivity contribution is 0.470. The predicted octanol–water partition coefficient (Wildman–Crippen LogP) is 2.53. The van der Waals surface area contributed by atoms with Crippen LogP contribution < -0.4 is 10.5 Å². The predicted molar refractivity (Wildman–Crippen MR) is 60.3 cm³/mol. The highest BCUT2D eigenvalue weighted by molar-refractivity contribution is 7.13. The fourth-order valence-corrected chi connectivity index (χ4v) is 1.70. The third-order valence-corrected chi connectivity index (χ3v) is 2.75. The summed E-state index contributed by atoms with van der Waals surface area (Å²) < 4.78 is 5.58. The Morgan fingerprint density at radius 3 is 2.73 bits per heavy atom. The third kappa shape index (κ3) is 2.07. The van der Waals surface area contributed by atoms with Crippen LogP contribution in [0, 0.1) is 13.8 Å². The van der Waals surface area contributed by atoms with Gasteiger partial charge in [0.1, 0.15) is 10.8 Å². The van der Waals surface area contributed by atoms with E-state index in [4.69, 9.17) is 10.5 Å². The lowest BCUT2D eigenvalue weighted by Gasteiger charge is -2.06. The number of nitrogens with zero attached hydrogens (tertiary/aromatic N) is 2. The molecule has 0 bridgehead atoms. The molecule has 0 saturated carbocycles. The molecular weight excluding hydrogens is 210 g/mol. The Morgan fingerprint density at radius 1 is 1.27 bits per heavy atom. The molecule has 0 aliphatic rings. The molecule has 0 radical (unpaired) electrons. The van der Waals surface area contributed by atoms with Gasteiger partial charge in [0.2, 0.25) is 0 Å². The van der Waals surface area contributed by atoms with Crippen molar-refractivity contribution in [3.63, 3.8) is 0 Å². The Morgan fingerprint density at radius 2 is 2.07 bits per heavy atom. The second-order valence-corrected chi connectivity index (χ2v) is 4.30. The average Bonchev–Trinajstić information content (AvgIpc) is 2.59. The van der Waals surface area contributed by atoms with Crippen LogP contribution in [0.3, 0.4) is 0 Å². The van der Waals surface area contributed by atoms with Gasteiger partial charge < -0.3 is 10.5 Å². The Bertz CT molecular complexity index is 481. The molecule has 0 atom stereocenters. The van der Waals surface area contributed by atoms with Gasteiger partial charge in [0.25, 0.3) is 5.19 Å². The number of aryl methyl sites for hydroxylation is 1. The van der Waals surface area contributed by atoms with Crippen LogP contribution in [0.4, 0.5) is 5.69 Å². The largest absolute Gasteiger partial charge is 0.429 e. The number of benzene rings is 1. The standard InChI is InChI=1S/C10H11N3OS/c1-6-8(11)4-3-5-9(6)14-10-13-12-7(2)15-10/h3-5H,11H2,1-2H3. The summed E-state index contributed by atoms with van der Waals surface area (Å²) in [6.07, 6.45) is 0. The number of anilines is 1. The summed E-state index contributed by atoms with van der Waals surface area (Å²) in [5.41, 5.74) is 7.40. The number of hydrogen-bond donors (Lipinski definition) is 1. The van der Waals surface area contributed by atoms with E-state index < -0.39 is 0 Å². The summed E-state index contributed by atoms with van der Waals surface area (Å²) >= 11 is 1.41. The van der Waals surface area contributed by atoms with E-state index in [2.05, 4.69) is 10.2 Å². The maximum atomic E-state index is 5.77. The van der Waals surface area contributed by atoms with Crippen LogP contribution in [-0.2, 0) is 0 Å². The van der Waals surface area contributed by atoms with E-state index in [9.17, 15) is 0 Å². The lowest BCUT2D eigenvalue weighted by Crippen LogP contribution is -1.92. The number of aromatic nitrogens is 2. The normalized spacial score (nSPS) is 10.3. The van der Waals surface area contributed by atoms with E-state index in [1.165, 1.54) is 11.3 Å². The second-order valence-electron chi connectivity index (χ2n) is 3.16. The van der Waals surface area contributed by atoms with Crippen molar-refractivity contribution in [2.24, 2.45) is 0 Å². The first-order valence-corrected chi connectivity index (χ1v) is 5.31. The molecule has 2 aromatic rings. The fourth-order valence-electron chi connectivity index (χ4n) is 1.16. The van der Waals surface area contributed by atoms with Gasteiger partial charge in [-0.3, -0.25) is 0 Å². The van der Waals surface area contributed by atoms with Crippen LogP contribution in [0.2, 0.25) is 0 Å². The summed E-state index contributed by atoms with van der Waals surface area (Å²) in [5, 5.41) is 9.19. The first-order valence-electron chi connectivity index (χ1n) is 4.50. The van der Waals surface area contributed by atoms with E-state index in [1.54, 1.807) is 0 Å². The molecule has 0 aliphatic heterocycles. The Balaban J connectivity index is 2.28. The molecule has 0 fully saturated rings. The van der Waals surface area contributed by atoms with E-state index in [0.29, 0.717) is 10.9 Å². The van der Waals surface area contributed by atoms with Gasteiger partial charge in [-0.2, -0.15) is 0 Å². The minimum Gasteiger partial charge on any atom is -0.429 e.